The number of aromatic nitrogens is 2. The van der Waals surface area contributed by atoms with E-state index in [1.807, 2.05) is 47.5 Å². The molecule has 1 saturated heterocycles. The predicted octanol–water partition coefficient (Wildman–Crippen LogP) is 5.35. The number of nitrogens with zero attached hydrogens (tertiary/aromatic N) is 3. The second-order valence-corrected chi connectivity index (χ2v) is 7.65. The lowest BCUT2D eigenvalue weighted by atomic mass is 9.97. The first kappa shape index (κ1) is 19.2. The van der Waals surface area contributed by atoms with Crippen molar-refractivity contribution in [3.63, 3.8) is 0 Å². The molecule has 1 fully saturated rings. The lowest BCUT2D eigenvalue weighted by molar-refractivity contribution is 0.0678. The Hall–Kier alpha value is -3.08. The highest BCUT2D eigenvalue weighted by molar-refractivity contribution is 5.68. The molecule has 4 rings (SSSR count). The van der Waals surface area contributed by atoms with Crippen LogP contribution in [0, 0.1) is 13.8 Å². The second kappa shape index (κ2) is 8.52. The fourth-order valence-corrected chi connectivity index (χ4v) is 4.06. The molecule has 2 aromatic heterocycles. The highest BCUT2D eigenvalue weighted by Gasteiger charge is 2.29. The van der Waals surface area contributed by atoms with Gasteiger partial charge in [-0.15, -0.1) is 0 Å². The third-order valence-electron chi connectivity index (χ3n) is 5.60. The van der Waals surface area contributed by atoms with Crippen molar-refractivity contribution >= 4 is 6.09 Å². The molecule has 1 aliphatic heterocycles. The first-order chi connectivity index (χ1) is 14.1. The van der Waals surface area contributed by atoms with Gasteiger partial charge in [0.15, 0.2) is 0 Å². The van der Waals surface area contributed by atoms with Crippen LogP contribution in [0.25, 0.3) is 5.82 Å². The molecule has 1 atom stereocenters. The summed E-state index contributed by atoms with van der Waals surface area (Å²) in [6.45, 7) is 5.17. The van der Waals surface area contributed by atoms with Crippen LogP contribution in [-0.2, 0) is 11.3 Å². The fourth-order valence-electron chi connectivity index (χ4n) is 4.06. The van der Waals surface area contributed by atoms with Gasteiger partial charge in [0.05, 0.1) is 6.04 Å². The number of ether oxygens (including phenoxy) is 1. The van der Waals surface area contributed by atoms with Gasteiger partial charge in [0, 0.05) is 24.1 Å². The van der Waals surface area contributed by atoms with Crippen molar-refractivity contribution in [2.24, 2.45) is 0 Å². The van der Waals surface area contributed by atoms with Crippen LogP contribution in [0.4, 0.5) is 4.79 Å². The zero-order valence-corrected chi connectivity index (χ0v) is 17.0. The number of aryl methyl sites for hydroxylation is 2. The van der Waals surface area contributed by atoms with Crippen molar-refractivity contribution in [1.29, 1.82) is 0 Å². The van der Waals surface area contributed by atoms with Gasteiger partial charge in [0.2, 0.25) is 0 Å². The van der Waals surface area contributed by atoms with Crippen LogP contribution in [0.5, 0.6) is 0 Å². The number of piperidine rings is 1. The maximum atomic E-state index is 12.8. The maximum Gasteiger partial charge on any atom is 0.410 e. The molecule has 0 N–H and O–H groups in total. The predicted molar refractivity (Wildman–Crippen MR) is 113 cm³/mol. The molecule has 1 amide bonds. The van der Waals surface area contributed by atoms with Crippen molar-refractivity contribution in [3.8, 4) is 5.82 Å². The minimum atomic E-state index is -0.250. The van der Waals surface area contributed by atoms with E-state index in [9.17, 15) is 4.79 Å². The molecule has 0 unspecified atom stereocenters. The van der Waals surface area contributed by atoms with Crippen LogP contribution < -0.4 is 0 Å². The summed E-state index contributed by atoms with van der Waals surface area (Å²) < 4.78 is 7.73. The van der Waals surface area contributed by atoms with Crippen molar-refractivity contribution in [3.05, 3.63) is 83.3 Å². The molecule has 0 saturated carbocycles. The molecule has 29 heavy (non-hydrogen) atoms. The summed E-state index contributed by atoms with van der Waals surface area (Å²) in [6.07, 6.45) is 4.69. The monoisotopic (exact) mass is 389 g/mol. The zero-order chi connectivity index (χ0) is 20.2. The van der Waals surface area contributed by atoms with E-state index in [0.29, 0.717) is 6.61 Å². The Morgan fingerprint density at radius 2 is 1.79 bits per heavy atom. The molecule has 5 nitrogen and oxygen atoms in total. The minimum Gasteiger partial charge on any atom is -0.445 e. The summed E-state index contributed by atoms with van der Waals surface area (Å²) in [5.41, 5.74) is 4.38. The van der Waals surface area contributed by atoms with E-state index in [1.165, 1.54) is 0 Å². The van der Waals surface area contributed by atoms with Crippen LogP contribution in [0.15, 0.2) is 60.8 Å². The van der Waals surface area contributed by atoms with Gasteiger partial charge in [-0.2, -0.15) is 0 Å². The molecule has 3 aromatic rings. The quantitative estimate of drug-likeness (QED) is 0.604. The Morgan fingerprint density at radius 1 is 1.03 bits per heavy atom. The van der Waals surface area contributed by atoms with Gasteiger partial charge in [0.1, 0.15) is 12.4 Å². The molecule has 1 aromatic carbocycles. The standard InChI is InChI=1S/C24H27N3O2/c1-18-11-12-19(2)27(18)23-14-13-21(16-25-23)22-10-6-7-15-26(22)24(28)29-17-20-8-4-3-5-9-20/h3-5,8-9,11-14,16,22H,6-7,10,15,17H2,1-2H3/t22-/m0/s1. The minimum absolute atomic E-state index is 0.0143. The lowest BCUT2D eigenvalue weighted by Crippen LogP contribution is -2.38. The van der Waals surface area contributed by atoms with Crippen LogP contribution in [0.3, 0.4) is 0 Å². The molecular formula is C24H27N3O2. The summed E-state index contributed by atoms with van der Waals surface area (Å²) in [5.74, 6) is 0.905. The maximum absolute atomic E-state index is 12.8. The third kappa shape index (κ3) is 4.19. The summed E-state index contributed by atoms with van der Waals surface area (Å²) in [6, 6.07) is 18.1. The summed E-state index contributed by atoms with van der Waals surface area (Å²) in [5, 5.41) is 0. The molecule has 0 aliphatic carbocycles. The molecule has 1 aliphatic rings. The van der Waals surface area contributed by atoms with Crippen molar-refractivity contribution in [1.82, 2.24) is 14.5 Å². The molecule has 3 heterocycles. The number of rotatable bonds is 4. The number of hydrogen-bond donors (Lipinski definition) is 0. The van der Waals surface area contributed by atoms with E-state index < -0.39 is 0 Å². The van der Waals surface area contributed by atoms with E-state index in [-0.39, 0.29) is 12.1 Å². The summed E-state index contributed by atoms with van der Waals surface area (Å²) in [7, 11) is 0. The van der Waals surface area contributed by atoms with Gasteiger partial charge < -0.3 is 14.2 Å². The Balaban J connectivity index is 1.49. The Kier molecular flexibility index (Phi) is 5.65. The third-order valence-corrected chi connectivity index (χ3v) is 5.60. The van der Waals surface area contributed by atoms with Gasteiger partial charge in [0.25, 0.3) is 0 Å². The Morgan fingerprint density at radius 3 is 2.48 bits per heavy atom. The van der Waals surface area contributed by atoms with Crippen LogP contribution in [-0.4, -0.2) is 27.1 Å². The summed E-state index contributed by atoms with van der Waals surface area (Å²) >= 11 is 0. The van der Waals surface area contributed by atoms with Crippen LogP contribution in [0.1, 0.15) is 47.8 Å². The van der Waals surface area contributed by atoms with E-state index in [1.54, 1.807) is 0 Å². The molecule has 0 spiro atoms. The molecule has 150 valence electrons. The first-order valence-electron chi connectivity index (χ1n) is 10.2. The Bertz CT molecular complexity index is 944. The van der Waals surface area contributed by atoms with Gasteiger partial charge >= 0.3 is 6.09 Å². The Labute approximate surface area is 171 Å². The van der Waals surface area contributed by atoms with Crippen molar-refractivity contribution in [2.45, 2.75) is 45.8 Å². The molecular weight excluding hydrogens is 362 g/mol. The number of carbonyl (C=O) groups excluding carboxylic acids is 1. The molecule has 0 radical (unpaired) electrons. The van der Waals surface area contributed by atoms with Crippen LogP contribution >= 0.6 is 0 Å². The first-order valence-corrected chi connectivity index (χ1v) is 10.2. The number of likely N-dealkylation sites (tertiary alicyclic amines) is 1. The lowest BCUT2D eigenvalue weighted by Gasteiger charge is -2.35. The zero-order valence-electron chi connectivity index (χ0n) is 17.0. The number of carbonyl (C=O) groups is 1. The van der Waals surface area contributed by atoms with Gasteiger partial charge in [-0.25, -0.2) is 9.78 Å². The fraction of sp³-hybridized carbons (Fsp3) is 0.333. The molecule has 0 bridgehead atoms. The number of benzene rings is 1. The SMILES string of the molecule is Cc1ccc(C)n1-c1ccc([C@@H]2CCCCN2C(=O)OCc2ccccc2)cn1. The topological polar surface area (TPSA) is 47.4 Å². The van der Waals surface area contributed by atoms with E-state index >= 15 is 0 Å². The van der Waals surface area contributed by atoms with Crippen LogP contribution in [0.2, 0.25) is 0 Å². The van der Waals surface area contributed by atoms with E-state index in [4.69, 9.17) is 4.74 Å². The van der Waals surface area contributed by atoms with Crippen molar-refractivity contribution < 1.29 is 9.53 Å². The van der Waals surface area contributed by atoms with Gasteiger partial charge in [-0.3, -0.25) is 0 Å². The normalized spacial score (nSPS) is 16.6. The highest BCUT2D eigenvalue weighted by atomic mass is 16.6. The highest BCUT2D eigenvalue weighted by Crippen LogP contribution is 2.31. The summed E-state index contributed by atoms with van der Waals surface area (Å²) in [4.78, 5) is 19.3. The van der Waals surface area contributed by atoms with Crippen molar-refractivity contribution in [2.75, 3.05) is 6.54 Å². The smallest absolute Gasteiger partial charge is 0.410 e. The van der Waals surface area contributed by atoms with Gasteiger partial charge in [-0.1, -0.05) is 36.4 Å². The second-order valence-electron chi connectivity index (χ2n) is 7.65. The van der Waals surface area contributed by atoms with E-state index in [0.717, 1.165) is 54.1 Å². The number of pyridine rings is 1. The average Bonchev–Trinajstić information content (AvgIpc) is 3.11. The molecule has 5 heteroatoms. The van der Waals surface area contributed by atoms with E-state index in [2.05, 4.69) is 41.6 Å². The number of hydrogen-bond acceptors (Lipinski definition) is 3. The largest absolute Gasteiger partial charge is 0.445 e. The van der Waals surface area contributed by atoms with Gasteiger partial charge in [-0.05, 0) is 62.4 Å². The average molecular weight is 389 g/mol. The number of amides is 1.